The topological polar surface area (TPSA) is 55.7 Å². The second kappa shape index (κ2) is 15.6. The van der Waals surface area contributed by atoms with E-state index in [1.807, 2.05) is 43.7 Å². The summed E-state index contributed by atoms with van der Waals surface area (Å²) in [6.07, 6.45) is 5.01. The second-order valence-electron chi connectivity index (χ2n) is 18.7. The normalized spacial score (nSPS) is 18.2. The fourth-order valence-corrected chi connectivity index (χ4v) is 12.3. The zero-order valence-electron chi connectivity index (χ0n) is 36.7. The molecule has 3 atom stereocenters. The largest absolute Gasteiger partial charge is 0.319 e. The Kier molecular flexibility index (Phi) is 9.51. The highest BCUT2D eigenvalue weighted by molar-refractivity contribution is 7.70. The average molecular weight is 858 g/mol. The molecular formula is C60H48N3OP. The first kappa shape index (κ1) is 39.6. The Labute approximate surface area is 380 Å². The fourth-order valence-electron chi connectivity index (χ4n) is 11.5. The van der Waals surface area contributed by atoms with Gasteiger partial charge in [0.15, 0.2) is 17.5 Å². The van der Waals surface area contributed by atoms with Gasteiger partial charge in [-0.25, -0.2) is 15.0 Å². The number of benzene rings is 9. The van der Waals surface area contributed by atoms with Crippen LogP contribution in [0.5, 0.6) is 0 Å². The predicted octanol–water partition coefficient (Wildman–Crippen LogP) is 15.0. The Morgan fingerprint density at radius 3 is 1.40 bits per heavy atom. The summed E-state index contributed by atoms with van der Waals surface area (Å²) in [6, 6.07) is 69.9. The molecule has 2 fully saturated rings. The van der Waals surface area contributed by atoms with Crippen LogP contribution in [0.2, 0.25) is 0 Å². The molecule has 1 aromatic heterocycles. The lowest BCUT2D eigenvalue weighted by atomic mass is 9.64. The van der Waals surface area contributed by atoms with E-state index in [2.05, 4.69) is 164 Å². The lowest BCUT2D eigenvalue weighted by Crippen LogP contribution is -2.34. The van der Waals surface area contributed by atoms with Gasteiger partial charge in [0.2, 0.25) is 0 Å². The molecule has 10 aromatic rings. The van der Waals surface area contributed by atoms with Gasteiger partial charge in [-0.05, 0) is 116 Å². The van der Waals surface area contributed by atoms with E-state index >= 15 is 0 Å². The summed E-state index contributed by atoms with van der Waals surface area (Å²) in [6.45, 7) is 3.68. The zero-order valence-corrected chi connectivity index (χ0v) is 37.5. The molecule has 0 spiro atoms. The number of rotatable bonds is 8. The molecule has 12 rings (SSSR count). The highest BCUT2D eigenvalue weighted by Crippen LogP contribution is 2.60. The van der Waals surface area contributed by atoms with Crippen molar-refractivity contribution in [1.82, 2.24) is 15.0 Å². The van der Waals surface area contributed by atoms with Gasteiger partial charge in [-0.15, -0.1) is 0 Å². The Bertz CT molecular complexity index is 3430. The fraction of sp³-hybridized carbons (Fsp3) is 0.150. The molecule has 2 aliphatic carbocycles. The third-order valence-electron chi connectivity index (χ3n) is 14.6. The van der Waals surface area contributed by atoms with Gasteiger partial charge in [-0.2, -0.15) is 0 Å². The van der Waals surface area contributed by atoms with E-state index < -0.39 is 7.14 Å². The van der Waals surface area contributed by atoms with Crippen LogP contribution in [-0.2, 0) is 9.98 Å². The highest BCUT2D eigenvalue weighted by Gasteiger charge is 2.52. The minimum atomic E-state index is -2.37. The zero-order chi connectivity index (χ0) is 43.7. The van der Waals surface area contributed by atoms with Crippen LogP contribution in [0, 0.1) is 11.8 Å². The van der Waals surface area contributed by atoms with Crippen LogP contribution in [0.3, 0.4) is 0 Å². The summed E-state index contributed by atoms with van der Waals surface area (Å²) in [7, 11) is -2.37. The van der Waals surface area contributed by atoms with Gasteiger partial charge in [-0.3, -0.25) is 0 Å². The second-order valence-corrected chi connectivity index (χ2v) is 21.9. The van der Waals surface area contributed by atoms with Gasteiger partial charge < -0.3 is 4.57 Å². The van der Waals surface area contributed by atoms with Gasteiger partial charge in [-0.1, -0.05) is 194 Å². The summed E-state index contributed by atoms with van der Waals surface area (Å²) in [4.78, 5) is 15.2. The van der Waals surface area contributed by atoms with E-state index in [1.165, 1.54) is 74.0 Å². The van der Waals surface area contributed by atoms with Crippen molar-refractivity contribution in [2.45, 2.75) is 31.1 Å². The molecule has 65 heavy (non-hydrogen) atoms. The van der Waals surface area contributed by atoms with Crippen molar-refractivity contribution < 1.29 is 4.57 Å². The van der Waals surface area contributed by atoms with Crippen molar-refractivity contribution in [2.75, 3.05) is 13.3 Å². The van der Waals surface area contributed by atoms with Gasteiger partial charge in [0.1, 0.15) is 7.14 Å². The van der Waals surface area contributed by atoms with Crippen LogP contribution < -0.4 is 5.30 Å². The monoisotopic (exact) mass is 857 g/mol. The molecule has 0 radical (unpaired) electrons. The Morgan fingerprint density at radius 1 is 0.446 bits per heavy atom. The minimum Gasteiger partial charge on any atom is -0.319 e. The standard InChI is InChI=1S/C60H48N3OP/c1-65(2,64)50-34-27-42(28-35-50)56-53-18-10-8-16-51(53)55(52-17-9-11-19-54(52)56)41-23-30-47(31-24-41)60(38-39-20-29-49(60)36-39)48-32-25-44(26-33-48)58-61-57(43-13-4-3-5-14-43)62-59(63-58)46-22-21-40-12-6-7-15-45(40)37-46/h3-19,21-28,30-35,37,39,49H,20,29,36,38H2,1-2H3. The van der Waals surface area contributed by atoms with Crippen LogP contribution in [0.15, 0.2) is 194 Å². The summed E-state index contributed by atoms with van der Waals surface area (Å²) in [5.74, 6) is 3.34. The summed E-state index contributed by atoms with van der Waals surface area (Å²) < 4.78 is 12.9. The van der Waals surface area contributed by atoms with Crippen LogP contribution in [0.4, 0.5) is 0 Å². The first-order valence-corrected chi connectivity index (χ1v) is 25.5. The maximum atomic E-state index is 12.9. The molecule has 0 N–H and O–H groups in total. The van der Waals surface area contributed by atoms with Crippen molar-refractivity contribution in [3.05, 3.63) is 205 Å². The van der Waals surface area contributed by atoms with Crippen molar-refractivity contribution in [3.8, 4) is 56.4 Å². The minimum absolute atomic E-state index is 0.0639. The van der Waals surface area contributed by atoms with E-state index in [4.69, 9.17) is 15.0 Å². The van der Waals surface area contributed by atoms with Crippen molar-refractivity contribution >= 4 is 44.8 Å². The predicted molar refractivity (Wildman–Crippen MR) is 271 cm³/mol. The third-order valence-corrected chi connectivity index (χ3v) is 16.1. The molecule has 2 aliphatic rings. The first-order valence-electron chi connectivity index (χ1n) is 22.9. The molecule has 2 bridgehead atoms. The molecule has 5 heteroatoms. The van der Waals surface area contributed by atoms with Crippen molar-refractivity contribution in [2.24, 2.45) is 11.8 Å². The molecular weight excluding hydrogens is 810 g/mol. The number of nitrogens with zero attached hydrogens (tertiary/aromatic N) is 3. The highest BCUT2D eigenvalue weighted by atomic mass is 31.2. The van der Waals surface area contributed by atoms with Crippen molar-refractivity contribution in [3.63, 3.8) is 0 Å². The summed E-state index contributed by atoms with van der Waals surface area (Å²) >= 11 is 0. The number of hydrogen-bond donors (Lipinski definition) is 0. The maximum Gasteiger partial charge on any atom is 0.164 e. The van der Waals surface area contributed by atoms with E-state index in [1.54, 1.807) is 0 Å². The van der Waals surface area contributed by atoms with Crippen LogP contribution >= 0.6 is 7.14 Å². The van der Waals surface area contributed by atoms with Gasteiger partial charge >= 0.3 is 0 Å². The van der Waals surface area contributed by atoms with Crippen LogP contribution in [0.1, 0.15) is 36.8 Å². The number of fused-ring (bicyclic) bond motifs is 5. The number of aromatic nitrogens is 3. The molecule has 9 aromatic carbocycles. The average Bonchev–Trinajstić information content (AvgIpc) is 3.99. The molecule has 0 aliphatic heterocycles. The Hall–Kier alpha value is -7.00. The lowest BCUT2D eigenvalue weighted by Gasteiger charge is -2.39. The lowest BCUT2D eigenvalue weighted by molar-refractivity contribution is 0.320. The van der Waals surface area contributed by atoms with Gasteiger partial charge in [0.05, 0.1) is 0 Å². The molecule has 4 nitrogen and oxygen atoms in total. The maximum absolute atomic E-state index is 12.9. The van der Waals surface area contributed by atoms with E-state index in [-0.39, 0.29) is 5.41 Å². The molecule has 2 saturated carbocycles. The van der Waals surface area contributed by atoms with Crippen molar-refractivity contribution in [1.29, 1.82) is 0 Å². The summed E-state index contributed by atoms with van der Waals surface area (Å²) in [5, 5.41) is 8.16. The molecule has 314 valence electrons. The SMILES string of the molecule is CP(C)(=O)c1ccc(-c2c3ccccc3c(-c3ccc(C4(c5ccc(-c6nc(-c7ccccc7)nc(-c7ccc8ccccc8c7)n6)cc5)CC5CCC4C5)cc3)c3ccccc23)cc1. The molecule has 0 amide bonds. The first-order chi connectivity index (χ1) is 31.8. The van der Waals surface area contributed by atoms with E-state index in [0.717, 1.165) is 45.3 Å². The summed E-state index contributed by atoms with van der Waals surface area (Å²) in [5.41, 5.74) is 10.5. The number of hydrogen-bond acceptors (Lipinski definition) is 4. The molecule has 0 saturated heterocycles. The Morgan fingerprint density at radius 2 is 0.892 bits per heavy atom. The molecule has 1 heterocycles. The van der Waals surface area contributed by atoms with Crippen LogP contribution in [0.25, 0.3) is 88.7 Å². The van der Waals surface area contributed by atoms with E-state index in [9.17, 15) is 4.57 Å². The van der Waals surface area contributed by atoms with Crippen LogP contribution in [-0.4, -0.2) is 28.3 Å². The quantitative estimate of drug-likeness (QED) is 0.113. The smallest absolute Gasteiger partial charge is 0.164 e. The Balaban J connectivity index is 0.937. The van der Waals surface area contributed by atoms with Gasteiger partial charge in [0.25, 0.3) is 0 Å². The van der Waals surface area contributed by atoms with Gasteiger partial charge in [0, 0.05) is 27.4 Å². The van der Waals surface area contributed by atoms with E-state index in [0.29, 0.717) is 23.4 Å². The third kappa shape index (κ3) is 6.82. The molecule has 3 unspecified atom stereocenters.